The highest BCUT2D eigenvalue weighted by Crippen LogP contribution is 2.40. The van der Waals surface area contributed by atoms with E-state index in [0.29, 0.717) is 6.42 Å². The summed E-state index contributed by atoms with van der Waals surface area (Å²) in [6.07, 6.45) is 3.04. The molecule has 0 unspecified atom stereocenters. The highest BCUT2D eigenvalue weighted by atomic mass is 19.1. The fourth-order valence-electron chi connectivity index (χ4n) is 3.83. The van der Waals surface area contributed by atoms with Gasteiger partial charge in [-0.3, -0.25) is 0 Å². The first-order valence-corrected chi connectivity index (χ1v) is 8.89. The summed E-state index contributed by atoms with van der Waals surface area (Å²) in [7, 11) is 0. The SMILES string of the molecule is CC[C@@](O)(c1ccc(F)cc1)[C@@H](CN1CCCC1)c1ccccc1. The molecule has 1 N–H and O–H groups in total. The lowest BCUT2D eigenvalue weighted by atomic mass is 9.75. The van der Waals surface area contributed by atoms with Crippen molar-refractivity contribution in [3.63, 3.8) is 0 Å². The summed E-state index contributed by atoms with van der Waals surface area (Å²) in [5.41, 5.74) is 0.926. The van der Waals surface area contributed by atoms with Gasteiger partial charge in [-0.25, -0.2) is 4.39 Å². The lowest BCUT2D eigenvalue weighted by Crippen LogP contribution is -2.40. The smallest absolute Gasteiger partial charge is 0.123 e. The normalized spacial score (nSPS) is 19.1. The number of aliphatic hydroxyl groups is 1. The Morgan fingerprint density at radius 2 is 1.67 bits per heavy atom. The summed E-state index contributed by atoms with van der Waals surface area (Å²) in [4.78, 5) is 2.43. The van der Waals surface area contributed by atoms with Crippen molar-refractivity contribution in [1.29, 1.82) is 0 Å². The third kappa shape index (κ3) is 3.52. The molecule has 1 heterocycles. The van der Waals surface area contributed by atoms with E-state index in [1.165, 1.54) is 25.0 Å². The Labute approximate surface area is 143 Å². The van der Waals surface area contributed by atoms with Crippen LogP contribution in [0.3, 0.4) is 0 Å². The first kappa shape index (κ1) is 17.1. The molecule has 2 aromatic rings. The first-order chi connectivity index (χ1) is 11.6. The molecule has 3 heteroatoms. The van der Waals surface area contributed by atoms with Crippen molar-refractivity contribution in [2.24, 2.45) is 0 Å². The maximum atomic E-state index is 13.3. The Bertz CT molecular complexity index is 637. The van der Waals surface area contributed by atoms with Gasteiger partial charge >= 0.3 is 0 Å². The van der Waals surface area contributed by atoms with Crippen LogP contribution in [0.4, 0.5) is 4.39 Å². The van der Waals surface area contributed by atoms with Crippen molar-refractivity contribution in [3.05, 3.63) is 71.5 Å². The maximum absolute atomic E-state index is 13.3. The average Bonchev–Trinajstić information content (AvgIpc) is 3.14. The van der Waals surface area contributed by atoms with Crippen LogP contribution in [0.15, 0.2) is 54.6 Å². The number of rotatable bonds is 6. The van der Waals surface area contributed by atoms with Crippen LogP contribution in [0.1, 0.15) is 43.2 Å². The van der Waals surface area contributed by atoms with E-state index >= 15 is 0 Å². The topological polar surface area (TPSA) is 23.5 Å². The van der Waals surface area contributed by atoms with Crippen LogP contribution in [0, 0.1) is 5.82 Å². The summed E-state index contributed by atoms with van der Waals surface area (Å²) in [6, 6.07) is 16.5. The van der Waals surface area contributed by atoms with Crippen molar-refractivity contribution < 1.29 is 9.50 Å². The molecule has 2 atom stereocenters. The molecule has 0 aromatic heterocycles. The van der Waals surface area contributed by atoms with Gasteiger partial charge in [0.15, 0.2) is 0 Å². The largest absolute Gasteiger partial charge is 0.384 e. The molecule has 2 aromatic carbocycles. The van der Waals surface area contributed by atoms with Crippen LogP contribution < -0.4 is 0 Å². The molecule has 2 nitrogen and oxygen atoms in total. The minimum Gasteiger partial charge on any atom is -0.384 e. The van der Waals surface area contributed by atoms with Gasteiger partial charge in [-0.15, -0.1) is 0 Å². The van der Waals surface area contributed by atoms with Gasteiger partial charge in [-0.1, -0.05) is 49.4 Å². The number of nitrogens with zero attached hydrogens (tertiary/aromatic N) is 1. The van der Waals surface area contributed by atoms with Crippen LogP contribution >= 0.6 is 0 Å². The fourth-order valence-corrected chi connectivity index (χ4v) is 3.83. The molecule has 0 bridgehead atoms. The zero-order chi connectivity index (χ0) is 17.0. The zero-order valence-corrected chi connectivity index (χ0v) is 14.3. The van der Waals surface area contributed by atoms with E-state index in [1.54, 1.807) is 12.1 Å². The number of benzene rings is 2. The molecule has 1 saturated heterocycles. The Balaban J connectivity index is 1.98. The zero-order valence-electron chi connectivity index (χ0n) is 14.3. The van der Waals surface area contributed by atoms with E-state index in [4.69, 9.17) is 0 Å². The molecule has 1 aliphatic heterocycles. The monoisotopic (exact) mass is 327 g/mol. The fraction of sp³-hybridized carbons (Fsp3) is 0.429. The Morgan fingerprint density at radius 3 is 2.25 bits per heavy atom. The molecule has 0 amide bonds. The number of hydrogen-bond donors (Lipinski definition) is 1. The van der Waals surface area contributed by atoms with Crippen LogP contribution in [0.25, 0.3) is 0 Å². The third-order valence-electron chi connectivity index (χ3n) is 5.30. The van der Waals surface area contributed by atoms with E-state index in [9.17, 15) is 9.50 Å². The van der Waals surface area contributed by atoms with Gasteiger partial charge in [0.05, 0.1) is 5.60 Å². The molecule has 1 fully saturated rings. The molecule has 0 aliphatic carbocycles. The van der Waals surface area contributed by atoms with Gasteiger partial charge < -0.3 is 10.0 Å². The van der Waals surface area contributed by atoms with Crippen molar-refractivity contribution in [2.75, 3.05) is 19.6 Å². The highest BCUT2D eigenvalue weighted by Gasteiger charge is 2.39. The Kier molecular flexibility index (Phi) is 5.32. The van der Waals surface area contributed by atoms with Crippen LogP contribution in [0.5, 0.6) is 0 Å². The highest BCUT2D eigenvalue weighted by molar-refractivity contribution is 5.32. The second-order valence-electron chi connectivity index (χ2n) is 6.76. The molecular formula is C21H26FNO. The predicted octanol–water partition coefficient (Wildman–Crippen LogP) is 4.30. The lowest BCUT2D eigenvalue weighted by molar-refractivity contribution is -0.00679. The van der Waals surface area contributed by atoms with Gasteiger partial charge in [-0.2, -0.15) is 0 Å². The summed E-state index contributed by atoms with van der Waals surface area (Å²) >= 11 is 0. The van der Waals surface area contributed by atoms with E-state index in [0.717, 1.165) is 30.8 Å². The van der Waals surface area contributed by atoms with E-state index in [1.807, 2.05) is 25.1 Å². The van der Waals surface area contributed by atoms with Gasteiger partial charge in [0.1, 0.15) is 5.82 Å². The van der Waals surface area contributed by atoms with Crippen molar-refractivity contribution in [2.45, 2.75) is 37.7 Å². The summed E-state index contributed by atoms with van der Waals surface area (Å²) in [6.45, 7) is 5.01. The average molecular weight is 327 g/mol. The molecule has 24 heavy (non-hydrogen) atoms. The summed E-state index contributed by atoms with van der Waals surface area (Å²) in [5.74, 6) is -0.305. The van der Waals surface area contributed by atoms with Crippen LogP contribution in [-0.2, 0) is 5.60 Å². The van der Waals surface area contributed by atoms with Crippen molar-refractivity contribution >= 4 is 0 Å². The Morgan fingerprint density at radius 1 is 1.04 bits per heavy atom. The predicted molar refractivity (Wildman–Crippen MR) is 95.4 cm³/mol. The second kappa shape index (κ2) is 7.45. The van der Waals surface area contributed by atoms with Crippen molar-refractivity contribution in [1.82, 2.24) is 4.90 Å². The van der Waals surface area contributed by atoms with Gasteiger partial charge in [0.25, 0.3) is 0 Å². The molecule has 1 aliphatic rings. The summed E-state index contributed by atoms with van der Waals surface area (Å²) in [5, 5.41) is 11.6. The van der Waals surface area contributed by atoms with E-state index in [-0.39, 0.29) is 11.7 Å². The molecule has 128 valence electrons. The molecular weight excluding hydrogens is 301 g/mol. The molecule has 0 radical (unpaired) electrons. The first-order valence-electron chi connectivity index (χ1n) is 8.89. The molecule has 0 saturated carbocycles. The number of likely N-dealkylation sites (tertiary alicyclic amines) is 1. The number of halogens is 1. The lowest BCUT2D eigenvalue weighted by Gasteiger charge is -2.38. The van der Waals surface area contributed by atoms with Gasteiger partial charge in [-0.05, 0) is 55.6 Å². The molecule has 3 rings (SSSR count). The number of hydrogen-bond acceptors (Lipinski definition) is 2. The quantitative estimate of drug-likeness (QED) is 0.855. The third-order valence-corrected chi connectivity index (χ3v) is 5.30. The molecule has 0 spiro atoms. The van der Waals surface area contributed by atoms with Crippen molar-refractivity contribution in [3.8, 4) is 0 Å². The van der Waals surface area contributed by atoms with Gasteiger partial charge in [0.2, 0.25) is 0 Å². The van der Waals surface area contributed by atoms with Crippen LogP contribution in [-0.4, -0.2) is 29.6 Å². The standard InChI is InChI=1S/C21H26FNO/c1-2-21(24,18-10-12-19(22)13-11-18)20(16-23-14-6-7-15-23)17-8-4-3-5-9-17/h3-5,8-13,20,24H,2,6-7,14-16H2,1H3/t20-,21+/m0/s1. The minimum atomic E-state index is -1.00. The van der Waals surface area contributed by atoms with E-state index in [2.05, 4.69) is 17.0 Å². The minimum absolute atomic E-state index is 0.0349. The maximum Gasteiger partial charge on any atom is 0.123 e. The summed E-state index contributed by atoms with van der Waals surface area (Å²) < 4.78 is 13.3. The second-order valence-corrected chi connectivity index (χ2v) is 6.76. The van der Waals surface area contributed by atoms with Crippen LogP contribution in [0.2, 0.25) is 0 Å². The van der Waals surface area contributed by atoms with E-state index < -0.39 is 5.60 Å². The Hall–Kier alpha value is -1.71. The van der Waals surface area contributed by atoms with Gasteiger partial charge in [0, 0.05) is 12.5 Å².